The van der Waals surface area contributed by atoms with Crippen LogP contribution in [0.4, 0.5) is 0 Å². The second-order valence-corrected chi connectivity index (χ2v) is 22.4. The Balaban J connectivity index is 2.41. The van der Waals surface area contributed by atoms with E-state index in [0.29, 0.717) is 19.3 Å². The highest BCUT2D eigenvalue weighted by molar-refractivity contribution is 5.99. The molecule has 1 saturated heterocycles. The van der Waals surface area contributed by atoms with Crippen molar-refractivity contribution < 1.29 is 72.5 Å². The molecular weight excluding hydrogens is 1150 g/mol. The Morgan fingerprint density at radius 3 is 1.56 bits per heavy atom. The molecule has 1 fully saturated rings. The number of ether oxygens (including phenoxy) is 1. The summed E-state index contributed by atoms with van der Waals surface area (Å²) in [6.07, 6.45) is -0.509. The third-order valence-corrected chi connectivity index (χ3v) is 15.7. The predicted octanol–water partition coefficient (Wildman–Crippen LogP) is -3.88. The maximum atomic E-state index is 14.4. The fourth-order valence-electron chi connectivity index (χ4n) is 9.11. The van der Waals surface area contributed by atoms with Gasteiger partial charge in [-0.3, -0.25) is 57.7 Å². The second-order valence-electron chi connectivity index (χ2n) is 22.4. The van der Waals surface area contributed by atoms with Gasteiger partial charge in [0.1, 0.15) is 66.5 Å². The molecule has 1 aliphatic rings. The maximum Gasteiger partial charge on any atom is 0.329 e. The number of cyclic esters (lactones) is 1. The molecule has 2 rings (SSSR count). The Morgan fingerprint density at radius 1 is 0.602 bits per heavy atom. The molecule has 30 heteroatoms. The van der Waals surface area contributed by atoms with E-state index in [1.807, 2.05) is 30.3 Å². The van der Waals surface area contributed by atoms with E-state index in [0.717, 1.165) is 5.56 Å². The monoisotopic (exact) mass is 1240 g/mol. The van der Waals surface area contributed by atoms with Gasteiger partial charge >= 0.3 is 5.97 Å². The number of nitrogens with one attached hydrogen (secondary N) is 11. The third kappa shape index (κ3) is 24.3. The van der Waals surface area contributed by atoms with Crippen LogP contribution in [0.1, 0.15) is 126 Å². The minimum atomic E-state index is -1.83. The van der Waals surface area contributed by atoms with Crippen molar-refractivity contribution in [2.75, 3.05) is 26.8 Å². The lowest BCUT2D eigenvalue weighted by Gasteiger charge is -2.31. The van der Waals surface area contributed by atoms with Crippen LogP contribution in [0, 0.1) is 23.7 Å². The molecule has 2 unspecified atom stereocenters. The van der Waals surface area contributed by atoms with E-state index in [-0.39, 0.29) is 38.2 Å². The molecule has 0 aromatic heterocycles. The summed E-state index contributed by atoms with van der Waals surface area (Å²) in [6, 6.07) is -6.39. The van der Waals surface area contributed by atoms with Crippen molar-refractivity contribution in [2.24, 2.45) is 45.9 Å². The Morgan fingerprint density at radius 2 is 1.08 bits per heavy atom. The van der Waals surface area contributed by atoms with Gasteiger partial charge in [-0.1, -0.05) is 111 Å². The Kier molecular flexibility index (Phi) is 33.1. The minimum Gasteiger partial charge on any atom is -0.458 e. The molecule has 0 radical (unpaired) electrons. The number of carbonyl (C=O) groups is 12. The van der Waals surface area contributed by atoms with E-state index in [1.165, 1.54) is 13.8 Å². The summed E-state index contributed by atoms with van der Waals surface area (Å²) in [5.41, 5.74) is 17.2. The van der Waals surface area contributed by atoms with Gasteiger partial charge in [-0.2, -0.15) is 0 Å². The van der Waals surface area contributed by atoms with Crippen LogP contribution < -0.4 is 75.7 Å². The summed E-state index contributed by atoms with van der Waals surface area (Å²) in [7, 11) is 1.60. The summed E-state index contributed by atoms with van der Waals surface area (Å²) < 4.78 is 5.71. The molecule has 1 aliphatic heterocycles. The molecule has 11 amide bonds. The number of rotatable bonds is 34. The number of aliphatic hydroxyl groups is 2. The van der Waals surface area contributed by atoms with Crippen molar-refractivity contribution in [3.05, 3.63) is 35.9 Å². The van der Waals surface area contributed by atoms with Gasteiger partial charge in [-0.25, -0.2) is 4.79 Å². The molecule has 494 valence electrons. The SMILES string of the molecule is CC[C@@H](C)[C@@H](NC(=O)[C@@H](CCC(N)=O)NC(=O)[C@H](CO)NC(=O)[C@@H](NC(=O)[C@@H](Cc1ccccc1)NC)[C@@H](C)CC)C(=O)N[C@H](C(=O)N[C@@H](CO)C(=O)NC1C(=O)N[C@@H](C)C(=O)N[C@@H](CCCN=C(N)N)C(=O)N[C@@H]([C@@H](C)CC)C(=O)OC1C)[C@@H](C)CC. The largest absolute Gasteiger partial charge is 0.458 e. The number of hydrogen-bond acceptors (Lipinski definition) is 17. The topological polar surface area (TPSA) is 477 Å². The number of carbonyl (C=O) groups excluding carboxylic acids is 12. The van der Waals surface area contributed by atoms with Crippen LogP contribution in [-0.4, -0.2) is 186 Å². The second kappa shape index (κ2) is 38.3. The average molecular weight is 1240 g/mol. The molecule has 0 aliphatic carbocycles. The lowest BCUT2D eigenvalue weighted by atomic mass is 9.94. The van der Waals surface area contributed by atoms with Gasteiger partial charge in [-0.15, -0.1) is 0 Å². The van der Waals surface area contributed by atoms with E-state index in [4.69, 9.17) is 21.9 Å². The number of aliphatic imine (C=N–C) groups is 1. The van der Waals surface area contributed by atoms with Crippen LogP contribution in [0.3, 0.4) is 0 Å². The van der Waals surface area contributed by atoms with Crippen LogP contribution in [0.15, 0.2) is 35.3 Å². The van der Waals surface area contributed by atoms with E-state index in [2.05, 4.69) is 63.5 Å². The Labute approximate surface area is 514 Å². The van der Waals surface area contributed by atoms with Crippen molar-refractivity contribution in [1.29, 1.82) is 0 Å². The quantitative estimate of drug-likeness (QED) is 0.0136. The first-order valence-corrected chi connectivity index (χ1v) is 30.0. The van der Waals surface area contributed by atoms with Gasteiger partial charge in [0.2, 0.25) is 65.0 Å². The van der Waals surface area contributed by atoms with Gasteiger partial charge in [0.05, 0.1) is 19.3 Å². The molecule has 30 nitrogen and oxygen atoms in total. The summed E-state index contributed by atoms with van der Waals surface area (Å²) in [5, 5.41) is 49.2. The molecule has 0 spiro atoms. The molecule has 1 heterocycles. The van der Waals surface area contributed by atoms with Gasteiger partial charge < -0.3 is 90.6 Å². The van der Waals surface area contributed by atoms with Crippen molar-refractivity contribution in [3.63, 3.8) is 0 Å². The molecular formula is C58H97N15O15. The van der Waals surface area contributed by atoms with E-state index < -0.39 is 193 Å². The molecule has 0 bridgehead atoms. The standard InChI is InChI=1S/C58H97N15O15/c1-12-29(5)42(70-50(80)38(62-11)26-35-20-17-16-18-21-35)53(83)67-39(27-74)51(81)66-37(23-24-41(59)76)49(79)69-44(31(7)14-3)55(85)71-43(30(6)13-2)54(84)68-40(28-75)52(82)73-46-34(10)88-57(87)45(32(8)15-4)72-48(78)36(22-19-25-63-58(60)61)65-47(77)33(9)64-56(46)86/h16-18,20-21,29-34,36-40,42-46,62,74-75H,12-15,19,22-28H2,1-11H3,(H2,59,76)(H,64,86)(H,65,77)(H,66,81)(H,67,83)(H,68,84)(H,69,79)(H,70,80)(H,71,85)(H,72,78)(H,73,82)(H4,60,61,63)/t29-,30-,31+,32-,33-,34?,36-,37+,38+,39-,40-,42-,43-,44+,45-,46?/m0/s1. The van der Waals surface area contributed by atoms with E-state index in [1.54, 1.807) is 62.4 Å². The fraction of sp³-hybridized carbons (Fsp3) is 0.672. The molecule has 0 saturated carbocycles. The van der Waals surface area contributed by atoms with Crippen LogP contribution in [0.5, 0.6) is 0 Å². The smallest absolute Gasteiger partial charge is 0.329 e. The lowest BCUT2D eigenvalue weighted by Crippen LogP contribution is -2.63. The molecule has 88 heavy (non-hydrogen) atoms. The van der Waals surface area contributed by atoms with Crippen molar-refractivity contribution in [2.45, 2.75) is 200 Å². The molecule has 19 N–H and O–H groups in total. The van der Waals surface area contributed by atoms with Crippen LogP contribution >= 0.6 is 0 Å². The first kappa shape index (κ1) is 76.1. The predicted molar refractivity (Wildman–Crippen MR) is 324 cm³/mol. The number of esters is 1. The van der Waals surface area contributed by atoms with Crippen LogP contribution in [0.2, 0.25) is 0 Å². The first-order chi connectivity index (χ1) is 41.5. The highest BCUT2D eigenvalue weighted by Crippen LogP contribution is 2.17. The number of benzene rings is 1. The normalized spacial score (nSPS) is 21.0. The zero-order valence-corrected chi connectivity index (χ0v) is 52.5. The number of primary amides is 1. The maximum absolute atomic E-state index is 14.4. The van der Waals surface area contributed by atoms with Gasteiger partial charge in [0.15, 0.2) is 5.96 Å². The summed E-state index contributed by atoms with van der Waals surface area (Å²) in [5.74, 6) is -13.4. The summed E-state index contributed by atoms with van der Waals surface area (Å²) in [4.78, 5) is 169. The highest BCUT2D eigenvalue weighted by Gasteiger charge is 2.41. The minimum absolute atomic E-state index is 0.0239. The van der Waals surface area contributed by atoms with Crippen molar-refractivity contribution in [3.8, 4) is 0 Å². The molecule has 1 aromatic carbocycles. The third-order valence-electron chi connectivity index (χ3n) is 15.7. The van der Waals surface area contributed by atoms with Crippen LogP contribution in [0.25, 0.3) is 0 Å². The van der Waals surface area contributed by atoms with E-state index in [9.17, 15) is 67.7 Å². The first-order valence-electron chi connectivity index (χ1n) is 30.0. The fourth-order valence-corrected chi connectivity index (χ4v) is 9.11. The number of aliphatic hydroxyl groups excluding tert-OH is 2. The van der Waals surface area contributed by atoms with Gasteiger partial charge in [0, 0.05) is 13.0 Å². The summed E-state index contributed by atoms with van der Waals surface area (Å²) in [6.45, 7) is 14.2. The molecule has 16 atom stereocenters. The number of nitrogens with two attached hydrogens (primary N) is 3. The average Bonchev–Trinajstić information content (AvgIpc) is 3.20. The van der Waals surface area contributed by atoms with E-state index >= 15 is 0 Å². The lowest BCUT2D eigenvalue weighted by molar-refractivity contribution is -0.157. The van der Waals surface area contributed by atoms with Crippen molar-refractivity contribution >= 4 is 76.9 Å². The van der Waals surface area contributed by atoms with Crippen LogP contribution in [-0.2, 0) is 68.7 Å². The summed E-state index contributed by atoms with van der Waals surface area (Å²) >= 11 is 0. The Bertz CT molecular complexity index is 2560. The van der Waals surface area contributed by atoms with Crippen molar-refractivity contribution in [1.82, 2.24) is 58.5 Å². The number of amides is 11. The Hall–Kier alpha value is -7.99. The zero-order valence-electron chi connectivity index (χ0n) is 52.5. The number of guanidine groups is 1. The molecule has 1 aromatic rings. The van der Waals surface area contributed by atoms with Gasteiger partial charge in [0.25, 0.3) is 0 Å². The number of hydrogen-bond donors (Lipinski definition) is 16. The van der Waals surface area contributed by atoms with Gasteiger partial charge in [-0.05, 0) is 75.8 Å². The highest BCUT2D eigenvalue weighted by atomic mass is 16.5. The zero-order chi connectivity index (χ0) is 66.5. The number of nitrogens with zero attached hydrogens (tertiary/aromatic N) is 1. The number of likely N-dealkylation sites (N-methyl/N-ethyl adjacent to an activating group) is 1.